The van der Waals surface area contributed by atoms with E-state index in [0.717, 1.165) is 11.8 Å². The summed E-state index contributed by atoms with van der Waals surface area (Å²) < 4.78 is 16.8. The molecule has 0 spiro atoms. The molecular formula is C11H22O3Si. The second-order valence-electron chi connectivity index (χ2n) is 4.77. The molecule has 3 unspecified atom stereocenters. The van der Waals surface area contributed by atoms with E-state index in [9.17, 15) is 0 Å². The van der Waals surface area contributed by atoms with E-state index in [1.807, 2.05) is 0 Å². The summed E-state index contributed by atoms with van der Waals surface area (Å²) in [7, 11) is 2.85. The van der Waals surface area contributed by atoms with Gasteiger partial charge in [-0.25, -0.2) is 0 Å². The Morgan fingerprint density at radius 2 is 1.53 bits per heavy atom. The van der Waals surface area contributed by atoms with Crippen LogP contribution < -0.4 is 0 Å². The van der Waals surface area contributed by atoms with E-state index in [1.54, 1.807) is 21.3 Å². The van der Waals surface area contributed by atoms with Gasteiger partial charge in [-0.15, -0.1) is 0 Å². The summed E-state index contributed by atoms with van der Waals surface area (Å²) in [5.74, 6) is 1.74. The van der Waals surface area contributed by atoms with Gasteiger partial charge in [0.2, 0.25) is 0 Å². The minimum absolute atomic E-state index is 0.558. The van der Waals surface area contributed by atoms with Crippen molar-refractivity contribution in [2.45, 2.75) is 37.6 Å². The quantitative estimate of drug-likeness (QED) is 0.694. The average Bonchev–Trinajstić information content (AvgIpc) is 2.27. The Hall–Kier alpha value is 0.0969. The molecule has 88 valence electrons. The molecule has 3 atom stereocenters. The van der Waals surface area contributed by atoms with Crippen LogP contribution in [0.25, 0.3) is 0 Å². The van der Waals surface area contributed by atoms with Crippen LogP contribution in [0.5, 0.6) is 0 Å². The fourth-order valence-electron chi connectivity index (χ4n) is 3.47. The Bertz CT molecular complexity index is 210. The van der Waals surface area contributed by atoms with Crippen molar-refractivity contribution in [2.75, 3.05) is 21.3 Å². The molecule has 0 saturated heterocycles. The first-order chi connectivity index (χ1) is 7.27. The van der Waals surface area contributed by atoms with Crippen LogP contribution in [0.3, 0.4) is 0 Å². The number of hydrogen-bond donors (Lipinski definition) is 0. The van der Waals surface area contributed by atoms with Gasteiger partial charge >= 0.3 is 8.80 Å². The van der Waals surface area contributed by atoms with Crippen molar-refractivity contribution in [2.24, 2.45) is 11.8 Å². The second kappa shape index (κ2) is 4.53. The minimum atomic E-state index is -2.34. The largest absolute Gasteiger partial charge is 0.503 e. The van der Waals surface area contributed by atoms with Crippen LogP contribution in [0.2, 0.25) is 5.54 Å². The maximum Gasteiger partial charge on any atom is 0.503 e. The van der Waals surface area contributed by atoms with E-state index in [4.69, 9.17) is 13.3 Å². The van der Waals surface area contributed by atoms with Crippen molar-refractivity contribution in [3.63, 3.8) is 0 Å². The third-order valence-corrected chi connectivity index (χ3v) is 7.63. The zero-order valence-electron chi connectivity index (χ0n) is 9.99. The Morgan fingerprint density at radius 3 is 2.07 bits per heavy atom. The molecule has 2 rings (SSSR count). The maximum absolute atomic E-state index is 5.58. The molecule has 2 fully saturated rings. The van der Waals surface area contributed by atoms with Gasteiger partial charge in [-0.1, -0.05) is 19.3 Å². The molecule has 2 saturated carbocycles. The third kappa shape index (κ3) is 1.77. The Morgan fingerprint density at radius 1 is 0.933 bits per heavy atom. The van der Waals surface area contributed by atoms with Crippen molar-refractivity contribution >= 4 is 8.80 Å². The highest BCUT2D eigenvalue weighted by atomic mass is 28.4. The van der Waals surface area contributed by atoms with Gasteiger partial charge < -0.3 is 13.3 Å². The third-order valence-electron chi connectivity index (χ3n) is 4.35. The Kier molecular flexibility index (Phi) is 3.50. The average molecular weight is 230 g/mol. The van der Waals surface area contributed by atoms with Gasteiger partial charge in [0.1, 0.15) is 0 Å². The predicted molar refractivity (Wildman–Crippen MR) is 60.6 cm³/mol. The van der Waals surface area contributed by atoms with Crippen molar-refractivity contribution in [1.29, 1.82) is 0 Å². The van der Waals surface area contributed by atoms with Gasteiger partial charge in [-0.3, -0.25) is 0 Å². The standard InChI is InChI=1S/C11H22O3Si/c1-12-15(13-2,14-3)11-8-9-6-4-5-7-10(9)11/h9-11H,4-8H2,1-3H3. The molecule has 0 aliphatic heterocycles. The highest BCUT2D eigenvalue weighted by Crippen LogP contribution is 2.57. The van der Waals surface area contributed by atoms with Gasteiger partial charge in [-0.2, -0.15) is 0 Å². The number of rotatable bonds is 4. The van der Waals surface area contributed by atoms with Gasteiger partial charge in [-0.05, 0) is 24.7 Å². The van der Waals surface area contributed by atoms with E-state index in [-0.39, 0.29) is 0 Å². The molecule has 0 aromatic carbocycles. The lowest BCUT2D eigenvalue weighted by Crippen LogP contribution is -2.56. The fraction of sp³-hybridized carbons (Fsp3) is 1.00. The van der Waals surface area contributed by atoms with Crippen LogP contribution in [0.4, 0.5) is 0 Å². The van der Waals surface area contributed by atoms with Gasteiger partial charge in [0, 0.05) is 26.9 Å². The first-order valence-corrected chi connectivity index (χ1v) is 7.73. The van der Waals surface area contributed by atoms with E-state index >= 15 is 0 Å². The predicted octanol–water partition coefficient (Wildman–Crippen LogP) is 2.44. The van der Waals surface area contributed by atoms with Gasteiger partial charge in [0.25, 0.3) is 0 Å². The normalized spacial score (nSPS) is 35.8. The van der Waals surface area contributed by atoms with Crippen LogP contribution >= 0.6 is 0 Å². The van der Waals surface area contributed by atoms with Crippen molar-refractivity contribution in [3.05, 3.63) is 0 Å². The van der Waals surface area contributed by atoms with Gasteiger partial charge in [0.05, 0.1) is 0 Å². The summed E-state index contributed by atoms with van der Waals surface area (Å²) in [6.07, 6.45) is 6.80. The number of fused-ring (bicyclic) bond motifs is 1. The first kappa shape index (κ1) is 11.6. The summed E-state index contributed by atoms with van der Waals surface area (Å²) in [6.45, 7) is 0. The molecule has 15 heavy (non-hydrogen) atoms. The van der Waals surface area contributed by atoms with Crippen molar-refractivity contribution in [1.82, 2.24) is 0 Å². The fourth-order valence-corrected chi connectivity index (χ4v) is 6.44. The smallest absolute Gasteiger partial charge is 0.377 e. The monoisotopic (exact) mass is 230 g/mol. The molecule has 0 amide bonds. The van der Waals surface area contributed by atoms with E-state index in [1.165, 1.54) is 32.1 Å². The maximum atomic E-state index is 5.58. The van der Waals surface area contributed by atoms with Crippen LogP contribution in [0.1, 0.15) is 32.1 Å². The highest BCUT2D eigenvalue weighted by molar-refractivity contribution is 6.62. The molecule has 2 aliphatic rings. The molecule has 4 heteroatoms. The zero-order valence-corrected chi connectivity index (χ0v) is 11.0. The van der Waals surface area contributed by atoms with Gasteiger partial charge in [0.15, 0.2) is 0 Å². The molecule has 0 N–H and O–H groups in total. The summed E-state index contributed by atoms with van der Waals surface area (Å²) in [4.78, 5) is 0. The molecule has 3 nitrogen and oxygen atoms in total. The van der Waals surface area contributed by atoms with Crippen LogP contribution in [0, 0.1) is 11.8 Å². The topological polar surface area (TPSA) is 27.7 Å². The Labute approximate surface area is 93.5 Å². The number of hydrogen-bond acceptors (Lipinski definition) is 3. The van der Waals surface area contributed by atoms with E-state index in [0.29, 0.717) is 5.54 Å². The lowest BCUT2D eigenvalue weighted by molar-refractivity contribution is 0.0300. The van der Waals surface area contributed by atoms with E-state index < -0.39 is 8.80 Å². The Balaban J connectivity index is 2.04. The first-order valence-electron chi connectivity index (χ1n) is 5.93. The summed E-state index contributed by atoms with van der Waals surface area (Å²) in [5, 5.41) is 0. The summed E-state index contributed by atoms with van der Waals surface area (Å²) in [5.41, 5.74) is 0.558. The molecule has 2 aliphatic carbocycles. The zero-order chi connectivity index (χ0) is 10.9. The van der Waals surface area contributed by atoms with E-state index in [2.05, 4.69) is 0 Å². The van der Waals surface area contributed by atoms with Crippen LogP contribution in [-0.2, 0) is 13.3 Å². The lowest BCUT2D eigenvalue weighted by atomic mass is 9.65. The molecule has 0 radical (unpaired) electrons. The molecular weight excluding hydrogens is 208 g/mol. The highest BCUT2D eigenvalue weighted by Gasteiger charge is 2.58. The second-order valence-corrected chi connectivity index (χ2v) is 7.94. The summed E-state index contributed by atoms with van der Waals surface area (Å²) in [6, 6.07) is 0. The van der Waals surface area contributed by atoms with Crippen molar-refractivity contribution in [3.8, 4) is 0 Å². The summed E-state index contributed by atoms with van der Waals surface area (Å²) >= 11 is 0. The van der Waals surface area contributed by atoms with Crippen LogP contribution in [0.15, 0.2) is 0 Å². The molecule has 0 aromatic rings. The molecule has 0 bridgehead atoms. The molecule has 0 aromatic heterocycles. The SMILES string of the molecule is CO[Si](OC)(OC)C1CC2CCCCC21. The van der Waals surface area contributed by atoms with Crippen molar-refractivity contribution < 1.29 is 13.3 Å². The van der Waals surface area contributed by atoms with Crippen LogP contribution in [-0.4, -0.2) is 30.1 Å². The lowest BCUT2D eigenvalue weighted by Gasteiger charge is -2.52. The minimum Gasteiger partial charge on any atom is -0.377 e. The molecule has 0 heterocycles.